The Balaban J connectivity index is 2.16. The van der Waals surface area contributed by atoms with Gasteiger partial charge in [-0.2, -0.15) is 0 Å². The van der Waals surface area contributed by atoms with Crippen LogP contribution in [0.1, 0.15) is 78.1 Å². The first kappa shape index (κ1) is 16.0. The zero-order chi connectivity index (χ0) is 13.2. The molecule has 1 nitrogen and oxygen atoms in total. The summed E-state index contributed by atoms with van der Waals surface area (Å²) in [7, 11) is 2.31. The molecule has 1 aliphatic carbocycles. The average Bonchev–Trinajstić information content (AvgIpc) is 2.61. The van der Waals surface area contributed by atoms with Crippen molar-refractivity contribution >= 4 is 0 Å². The second-order valence-corrected chi connectivity index (χ2v) is 6.46. The van der Waals surface area contributed by atoms with E-state index in [0.29, 0.717) is 0 Å². The predicted molar refractivity (Wildman–Crippen MR) is 82.0 cm³/mol. The lowest BCUT2D eigenvalue weighted by molar-refractivity contribution is 0.269. The normalized spacial score (nSPS) is 25.3. The van der Waals surface area contributed by atoms with Crippen LogP contribution in [-0.4, -0.2) is 25.0 Å². The van der Waals surface area contributed by atoms with E-state index in [1.165, 1.54) is 77.3 Å². The van der Waals surface area contributed by atoms with Crippen molar-refractivity contribution in [3.05, 3.63) is 0 Å². The number of unbranched alkanes of at least 4 members (excludes halogenated alkanes) is 2. The number of hydrogen-bond donors (Lipinski definition) is 0. The van der Waals surface area contributed by atoms with Gasteiger partial charge in [0.2, 0.25) is 0 Å². The van der Waals surface area contributed by atoms with Crippen LogP contribution in [0.4, 0.5) is 0 Å². The standard InChI is InChI=1S/C17H35N/c1-4-6-9-13-18(3)14-12-17-11-8-7-10-16(5-2)15-17/h16-17H,4-15H2,1-3H3. The largest absolute Gasteiger partial charge is 0.306 e. The topological polar surface area (TPSA) is 3.24 Å². The Morgan fingerprint density at radius 2 is 1.67 bits per heavy atom. The third-order valence-corrected chi connectivity index (χ3v) is 4.78. The van der Waals surface area contributed by atoms with Crippen LogP contribution in [0.15, 0.2) is 0 Å². The molecule has 0 saturated heterocycles. The van der Waals surface area contributed by atoms with E-state index in [0.717, 1.165) is 11.8 Å². The maximum Gasteiger partial charge on any atom is -0.00191 e. The summed E-state index contributed by atoms with van der Waals surface area (Å²) in [5.74, 6) is 2.05. The summed E-state index contributed by atoms with van der Waals surface area (Å²) in [6.07, 6.45) is 14.5. The van der Waals surface area contributed by atoms with Gasteiger partial charge >= 0.3 is 0 Å². The van der Waals surface area contributed by atoms with Crippen molar-refractivity contribution in [1.82, 2.24) is 4.90 Å². The van der Waals surface area contributed by atoms with Crippen LogP contribution in [0.25, 0.3) is 0 Å². The molecule has 108 valence electrons. The van der Waals surface area contributed by atoms with E-state index >= 15 is 0 Å². The van der Waals surface area contributed by atoms with Gasteiger partial charge in [0, 0.05) is 0 Å². The third kappa shape index (κ3) is 6.78. The molecule has 1 rings (SSSR count). The van der Waals surface area contributed by atoms with Gasteiger partial charge in [-0.15, -0.1) is 0 Å². The molecule has 0 heterocycles. The Bertz CT molecular complexity index is 190. The molecule has 0 aliphatic heterocycles. The molecular weight excluding hydrogens is 218 g/mol. The van der Waals surface area contributed by atoms with Crippen molar-refractivity contribution in [3.63, 3.8) is 0 Å². The van der Waals surface area contributed by atoms with Crippen LogP contribution in [-0.2, 0) is 0 Å². The van der Waals surface area contributed by atoms with Gasteiger partial charge in [0.15, 0.2) is 0 Å². The highest BCUT2D eigenvalue weighted by molar-refractivity contribution is 4.71. The molecule has 1 fully saturated rings. The van der Waals surface area contributed by atoms with E-state index in [9.17, 15) is 0 Å². The molecule has 0 amide bonds. The number of rotatable bonds is 8. The Labute approximate surface area is 115 Å². The smallest absolute Gasteiger partial charge is 0.00191 e. The van der Waals surface area contributed by atoms with E-state index in [1.807, 2.05) is 0 Å². The lowest BCUT2D eigenvalue weighted by atomic mass is 9.89. The molecule has 1 aliphatic rings. The maximum absolute atomic E-state index is 2.56. The molecule has 18 heavy (non-hydrogen) atoms. The fourth-order valence-corrected chi connectivity index (χ4v) is 3.35. The molecular formula is C17H35N. The fourth-order valence-electron chi connectivity index (χ4n) is 3.35. The molecule has 2 atom stereocenters. The number of hydrogen-bond acceptors (Lipinski definition) is 1. The zero-order valence-electron chi connectivity index (χ0n) is 13.1. The lowest BCUT2D eigenvalue weighted by Crippen LogP contribution is -2.23. The molecule has 1 saturated carbocycles. The van der Waals surface area contributed by atoms with E-state index in [4.69, 9.17) is 0 Å². The van der Waals surface area contributed by atoms with E-state index in [2.05, 4.69) is 25.8 Å². The summed E-state index contributed by atoms with van der Waals surface area (Å²) < 4.78 is 0. The Kier molecular flexibility index (Phi) is 8.75. The molecule has 0 aromatic rings. The van der Waals surface area contributed by atoms with Gasteiger partial charge in [0.1, 0.15) is 0 Å². The first-order valence-corrected chi connectivity index (χ1v) is 8.44. The van der Waals surface area contributed by atoms with Crippen molar-refractivity contribution < 1.29 is 0 Å². The molecule has 1 heteroatoms. The quantitative estimate of drug-likeness (QED) is 0.429. The second kappa shape index (κ2) is 9.83. The van der Waals surface area contributed by atoms with Crippen LogP contribution in [0.2, 0.25) is 0 Å². The Morgan fingerprint density at radius 1 is 0.944 bits per heavy atom. The molecule has 2 unspecified atom stereocenters. The molecule has 0 radical (unpaired) electrons. The summed E-state index contributed by atoms with van der Waals surface area (Å²) in [4.78, 5) is 2.56. The van der Waals surface area contributed by atoms with Crippen molar-refractivity contribution in [1.29, 1.82) is 0 Å². The van der Waals surface area contributed by atoms with Gasteiger partial charge in [-0.05, 0) is 51.2 Å². The SMILES string of the molecule is CCCCCN(C)CCC1CCCCC(CC)C1. The van der Waals surface area contributed by atoms with E-state index in [-0.39, 0.29) is 0 Å². The summed E-state index contributed by atoms with van der Waals surface area (Å²) in [6, 6.07) is 0. The van der Waals surface area contributed by atoms with Crippen molar-refractivity contribution in [2.45, 2.75) is 78.1 Å². The van der Waals surface area contributed by atoms with Crippen molar-refractivity contribution in [2.75, 3.05) is 20.1 Å². The Morgan fingerprint density at radius 3 is 2.33 bits per heavy atom. The minimum atomic E-state index is 1.02. The zero-order valence-corrected chi connectivity index (χ0v) is 13.1. The van der Waals surface area contributed by atoms with Gasteiger partial charge < -0.3 is 4.90 Å². The van der Waals surface area contributed by atoms with Crippen molar-refractivity contribution in [2.24, 2.45) is 11.8 Å². The highest BCUT2D eigenvalue weighted by atomic mass is 15.1. The summed E-state index contributed by atoms with van der Waals surface area (Å²) in [6.45, 7) is 7.29. The van der Waals surface area contributed by atoms with Crippen LogP contribution >= 0.6 is 0 Å². The first-order valence-electron chi connectivity index (χ1n) is 8.44. The predicted octanol–water partition coefficient (Wildman–Crippen LogP) is 5.11. The molecule has 0 aromatic carbocycles. The van der Waals surface area contributed by atoms with Gasteiger partial charge in [-0.3, -0.25) is 0 Å². The summed E-state index contributed by atoms with van der Waals surface area (Å²) >= 11 is 0. The molecule has 0 bridgehead atoms. The minimum Gasteiger partial charge on any atom is -0.306 e. The summed E-state index contributed by atoms with van der Waals surface area (Å²) in [5, 5.41) is 0. The molecule has 0 spiro atoms. The van der Waals surface area contributed by atoms with E-state index in [1.54, 1.807) is 0 Å². The average molecular weight is 253 g/mol. The third-order valence-electron chi connectivity index (χ3n) is 4.78. The van der Waals surface area contributed by atoms with E-state index < -0.39 is 0 Å². The molecule has 0 N–H and O–H groups in total. The van der Waals surface area contributed by atoms with Gasteiger partial charge in [0.05, 0.1) is 0 Å². The maximum atomic E-state index is 2.56. The minimum absolute atomic E-state index is 1.02. The summed E-state index contributed by atoms with van der Waals surface area (Å²) in [5.41, 5.74) is 0. The van der Waals surface area contributed by atoms with Gasteiger partial charge in [0.25, 0.3) is 0 Å². The monoisotopic (exact) mass is 253 g/mol. The Hall–Kier alpha value is -0.0400. The fraction of sp³-hybridized carbons (Fsp3) is 1.00. The van der Waals surface area contributed by atoms with Gasteiger partial charge in [-0.1, -0.05) is 58.8 Å². The van der Waals surface area contributed by atoms with Gasteiger partial charge in [-0.25, -0.2) is 0 Å². The number of nitrogens with zero attached hydrogens (tertiary/aromatic N) is 1. The molecule has 0 aromatic heterocycles. The second-order valence-electron chi connectivity index (χ2n) is 6.46. The van der Waals surface area contributed by atoms with Crippen LogP contribution in [0.5, 0.6) is 0 Å². The van der Waals surface area contributed by atoms with Crippen LogP contribution < -0.4 is 0 Å². The first-order chi connectivity index (χ1) is 8.76. The van der Waals surface area contributed by atoms with Crippen molar-refractivity contribution in [3.8, 4) is 0 Å². The highest BCUT2D eigenvalue weighted by Crippen LogP contribution is 2.31. The van der Waals surface area contributed by atoms with Crippen LogP contribution in [0.3, 0.4) is 0 Å². The highest BCUT2D eigenvalue weighted by Gasteiger charge is 2.19. The lowest BCUT2D eigenvalue weighted by Gasteiger charge is -2.22. The van der Waals surface area contributed by atoms with Crippen LogP contribution in [0, 0.1) is 11.8 Å².